The molecular formula is C11H15N5O. The molecule has 6 nitrogen and oxygen atoms in total. The Hall–Kier alpha value is -1.69. The number of hydrogen-bond donors (Lipinski definition) is 2. The Labute approximate surface area is 98.8 Å². The van der Waals surface area contributed by atoms with Crippen molar-refractivity contribution in [2.45, 2.75) is 31.7 Å². The van der Waals surface area contributed by atoms with Crippen molar-refractivity contribution in [3.63, 3.8) is 0 Å². The second-order valence-electron chi connectivity index (χ2n) is 4.28. The summed E-state index contributed by atoms with van der Waals surface area (Å²) < 4.78 is 5.20. The fourth-order valence-corrected chi connectivity index (χ4v) is 2.14. The van der Waals surface area contributed by atoms with E-state index in [1.54, 1.807) is 12.4 Å². The molecular weight excluding hydrogens is 218 g/mol. The number of nitrogens with one attached hydrogen (secondary N) is 2. The summed E-state index contributed by atoms with van der Waals surface area (Å²) in [7, 11) is 0. The average Bonchev–Trinajstić information content (AvgIpc) is 3.09. The summed E-state index contributed by atoms with van der Waals surface area (Å²) in [6, 6.07) is 0.606. The van der Waals surface area contributed by atoms with Crippen molar-refractivity contribution in [3.8, 4) is 11.6 Å². The van der Waals surface area contributed by atoms with E-state index < -0.39 is 0 Å². The first-order valence-corrected chi connectivity index (χ1v) is 5.97. The van der Waals surface area contributed by atoms with Crippen LogP contribution in [0.25, 0.3) is 11.6 Å². The molecule has 0 bridgehead atoms. The van der Waals surface area contributed by atoms with Crippen LogP contribution in [0, 0.1) is 0 Å². The van der Waals surface area contributed by atoms with Gasteiger partial charge >= 0.3 is 0 Å². The SMILES string of the molecule is c1c[nH]c(-c2noc(CCC3CCCN3)n2)n1. The van der Waals surface area contributed by atoms with E-state index in [9.17, 15) is 0 Å². The molecule has 3 heterocycles. The van der Waals surface area contributed by atoms with Gasteiger partial charge in [-0.2, -0.15) is 4.98 Å². The molecule has 2 aromatic rings. The molecule has 2 aromatic heterocycles. The lowest BCUT2D eigenvalue weighted by molar-refractivity contribution is 0.368. The van der Waals surface area contributed by atoms with E-state index in [0.29, 0.717) is 23.6 Å². The molecule has 17 heavy (non-hydrogen) atoms. The molecule has 1 aliphatic heterocycles. The Morgan fingerprint density at radius 3 is 3.24 bits per heavy atom. The zero-order chi connectivity index (χ0) is 11.5. The highest BCUT2D eigenvalue weighted by atomic mass is 16.5. The predicted octanol–water partition coefficient (Wildman–Crippen LogP) is 1.14. The maximum Gasteiger partial charge on any atom is 0.238 e. The van der Waals surface area contributed by atoms with Crippen LogP contribution in [-0.2, 0) is 6.42 Å². The Morgan fingerprint density at radius 1 is 1.47 bits per heavy atom. The quantitative estimate of drug-likeness (QED) is 0.828. The van der Waals surface area contributed by atoms with E-state index in [-0.39, 0.29) is 0 Å². The van der Waals surface area contributed by atoms with E-state index in [0.717, 1.165) is 19.4 Å². The zero-order valence-electron chi connectivity index (χ0n) is 9.52. The Morgan fingerprint density at radius 2 is 2.47 bits per heavy atom. The highest BCUT2D eigenvalue weighted by molar-refractivity contribution is 5.40. The van der Waals surface area contributed by atoms with Crippen molar-refractivity contribution < 1.29 is 4.52 Å². The fraction of sp³-hybridized carbons (Fsp3) is 0.545. The Balaban J connectivity index is 1.60. The molecule has 1 fully saturated rings. The molecule has 1 atom stereocenters. The topological polar surface area (TPSA) is 79.6 Å². The van der Waals surface area contributed by atoms with Gasteiger partial charge in [0.1, 0.15) is 0 Å². The van der Waals surface area contributed by atoms with Gasteiger partial charge < -0.3 is 14.8 Å². The van der Waals surface area contributed by atoms with Crippen molar-refractivity contribution in [3.05, 3.63) is 18.3 Å². The second kappa shape index (κ2) is 4.67. The van der Waals surface area contributed by atoms with Gasteiger partial charge in [-0.15, -0.1) is 0 Å². The first-order chi connectivity index (χ1) is 8.42. The smallest absolute Gasteiger partial charge is 0.238 e. The number of aromatic nitrogens is 4. The number of imidazole rings is 1. The molecule has 1 aliphatic rings. The fourth-order valence-electron chi connectivity index (χ4n) is 2.14. The average molecular weight is 233 g/mol. The lowest BCUT2D eigenvalue weighted by Crippen LogP contribution is -2.21. The number of aryl methyl sites for hydroxylation is 1. The summed E-state index contributed by atoms with van der Waals surface area (Å²) in [5, 5.41) is 7.36. The van der Waals surface area contributed by atoms with Crippen molar-refractivity contribution >= 4 is 0 Å². The van der Waals surface area contributed by atoms with Gasteiger partial charge in [-0.1, -0.05) is 5.16 Å². The van der Waals surface area contributed by atoms with Crippen LogP contribution in [0.5, 0.6) is 0 Å². The predicted molar refractivity (Wildman–Crippen MR) is 61.2 cm³/mol. The van der Waals surface area contributed by atoms with Gasteiger partial charge in [0.15, 0.2) is 5.82 Å². The van der Waals surface area contributed by atoms with Crippen LogP contribution < -0.4 is 5.32 Å². The van der Waals surface area contributed by atoms with Gasteiger partial charge in [-0.3, -0.25) is 0 Å². The third kappa shape index (κ3) is 2.36. The molecule has 0 aliphatic carbocycles. The van der Waals surface area contributed by atoms with Crippen LogP contribution in [0.3, 0.4) is 0 Å². The molecule has 0 aromatic carbocycles. The highest BCUT2D eigenvalue weighted by Gasteiger charge is 2.16. The number of hydrogen-bond acceptors (Lipinski definition) is 5. The van der Waals surface area contributed by atoms with E-state index in [4.69, 9.17) is 4.52 Å². The normalized spacial score (nSPS) is 19.9. The van der Waals surface area contributed by atoms with Crippen molar-refractivity contribution in [1.29, 1.82) is 0 Å². The lowest BCUT2D eigenvalue weighted by Gasteiger charge is -2.06. The third-order valence-corrected chi connectivity index (χ3v) is 3.05. The molecule has 6 heteroatoms. The molecule has 3 rings (SSSR count). The van der Waals surface area contributed by atoms with Gasteiger partial charge in [-0.05, 0) is 25.8 Å². The first kappa shape index (κ1) is 10.5. The van der Waals surface area contributed by atoms with Crippen molar-refractivity contribution in [2.75, 3.05) is 6.54 Å². The van der Waals surface area contributed by atoms with Crippen molar-refractivity contribution in [2.24, 2.45) is 0 Å². The second-order valence-corrected chi connectivity index (χ2v) is 4.28. The van der Waals surface area contributed by atoms with E-state index >= 15 is 0 Å². The number of nitrogens with zero attached hydrogens (tertiary/aromatic N) is 3. The number of H-pyrrole nitrogens is 1. The standard InChI is InChI=1S/C11H15N5O/c1-2-8(12-5-1)3-4-9-15-11(16-17-9)10-13-6-7-14-10/h6-8,12H,1-5H2,(H,13,14). The van der Waals surface area contributed by atoms with Gasteiger partial charge in [-0.25, -0.2) is 4.98 Å². The highest BCUT2D eigenvalue weighted by Crippen LogP contribution is 2.14. The number of rotatable bonds is 4. The van der Waals surface area contributed by atoms with Crippen LogP contribution in [0.15, 0.2) is 16.9 Å². The Kier molecular flexibility index (Phi) is 2.87. The van der Waals surface area contributed by atoms with Crippen molar-refractivity contribution in [1.82, 2.24) is 25.4 Å². The van der Waals surface area contributed by atoms with Gasteiger partial charge in [0.2, 0.25) is 11.7 Å². The molecule has 1 saturated heterocycles. The Bertz CT molecular complexity index is 458. The van der Waals surface area contributed by atoms with Gasteiger partial charge in [0.05, 0.1) is 0 Å². The number of aromatic amines is 1. The minimum Gasteiger partial charge on any atom is -0.342 e. The monoisotopic (exact) mass is 233 g/mol. The molecule has 0 spiro atoms. The molecule has 0 amide bonds. The van der Waals surface area contributed by atoms with E-state index in [1.807, 2.05) is 0 Å². The van der Waals surface area contributed by atoms with Crippen LogP contribution in [-0.4, -0.2) is 32.7 Å². The van der Waals surface area contributed by atoms with Crippen LogP contribution in [0.1, 0.15) is 25.2 Å². The largest absolute Gasteiger partial charge is 0.342 e. The summed E-state index contributed by atoms with van der Waals surface area (Å²) in [6.07, 6.45) is 7.82. The van der Waals surface area contributed by atoms with E-state index in [1.165, 1.54) is 12.8 Å². The van der Waals surface area contributed by atoms with Gasteiger partial charge in [0, 0.05) is 24.9 Å². The molecule has 0 radical (unpaired) electrons. The van der Waals surface area contributed by atoms with Crippen LogP contribution in [0.4, 0.5) is 0 Å². The summed E-state index contributed by atoms with van der Waals surface area (Å²) in [5.74, 6) is 1.87. The molecule has 2 N–H and O–H groups in total. The van der Waals surface area contributed by atoms with Gasteiger partial charge in [0.25, 0.3) is 0 Å². The molecule has 90 valence electrons. The van der Waals surface area contributed by atoms with E-state index in [2.05, 4.69) is 25.4 Å². The van der Waals surface area contributed by atoms with Crippen LogP contribution >= 0.6 is 0 Å². The molecule has 0 saturated carbocycles. The summed E-state index contributed by atoms with van der Waals surface area (Å²) in [4.78, 5) is 11.4. The maximum atomic E-state index is 5.20. The van der Waals surface area contributed by atoms with Crippen LogP contribution in [0.2, 0.25) is 0 Å². The summed E-state index contributed by atoms with van der Waals surface area (Å²) >= 11 is 0. The maximum absolute atomic E-state index is 5.20. The minimum absolute atomic E-state index is 0.532. The molecule has 1 unspecified atom stereocenters. The third-order valence-electron chi connectivity index (χ3n) is 3.05. The summed E-state index contributed by atoms with van der Waals surface area (Å²) in [5.41, 5.74) is 0. The lowest BCUT2D eigenvalue weighted by atomic mass is 10.1. The zero-order valence-corrected chi connectivity index (χ0v) is 9.52. The summed E-state index contributed by atoms with van der Waals surface area (Å²) in [6.45, 7) is 1.13. The minimum atomic E-state index is 0.532. The first-order valence-electron chi connectivity index (χ1n) is 5.97.